The highest BCUT2D eigenvalue weighted by Crippen LogP contribution is 2.44. The van der Waals surface area contributed by atoms with Gasteiger partial charge in [0.05, 0.1) is 0 Å². The van der Waals surface area contributed by atoms with Gasteiger partial charge >= 0.3 is 23.9 Å². The number of carbonyl (C=O) groups is 4. The zero-order valence-corrected chi connectivity index (χ0v) is 55.6. The lowest BCUT2D eigenvalue weighted by Crippen LogP contribution is -2.43. The SMILES string of the molecule is CC(C)(C)c1cc(/C=C/C(=O)OCC(COC(=O)/C=C/c2cc(C(C)(C)C)c(O)c(C(C)(C)C)c2)(COC(=O)/C=C/c2cc(C(C)(C)C)c(O)c(C(C)(C)C)c2)COC(=O)/C=C/c2cc(C(C)(C)C)c(O)c(C(C)(C)C)c2)cc(C(C)(C)C)c1O. The Morgan fingerprint density at radius 2 is 0.412 bits per heavy atom. The van der Waals surface area contributed by atoms with Crippen molar-refractivity contribution in [3.63, 3.8) is 0 Å². The van der Waals surface area contributed by atoms with Gasteiger partial charge in [-0.05, 0) is 138 Å². The lowest BCUT2D eigenvalue weighted by atomic mass is 9.78. The van der Waals surface area contributed by atoms with Gasteiger partial charge in [-0.15, -0.1) is 0 Å². The van der Waals surface area contributed by atoms with Crippen molar-refractivity contribution in [3.05, 3.63) is 140 Å². The molecule has 4 aromatic carbocycles. The van der Waals surface area contributed by atoms with Crippen molar-refractivity contribution >= 4 is 48.2 Å². The summed E-state index contributed by atoms with van der Waals surface area (Å²) in [5.41, 5.74) is 2.75. The van der Waals surface area contributed by atoms with E-state index in [9.17, 15) is 39.6 Å². The molecule has 0 bridgehead atoms. The number of esters is 4. The van der Waals surface area contributed by atoms with Crippen LogP contribution in [0.1, 0.15) is 233 Å². The first-order valence-electron chi connectivity index (χ1n) is 29.4. The summed E-state index contributed by atoms with van der Waals surface area (Å²) in [7, 11) is 0. The minimum absolute atomic E-state index is 0.176. The second-order valence-electron chi connectivity index (χ2n) is 31.1. The quantitative estimate of drug-likeness (QED) is 0.0473. The molecule has 4 rings (SSSR count). The van der Waals surface area contributed by atoms with E-state index in [2.05, 4.69) is 0 Å². The van der Waals surface area contributed by atoms with Crippen LogP contribution in [0, 0.1) is 5.41 Å². The highest BCUT2D eigenvalue weighted by atomic mass is 16.6. The Morgan fingerprint density at radius 3 is 0.529 bits per heavy atom. The Labute approximate surface area is 508 Å². The zero-order valence-electron chi connectivity index (χ0n) is 55.6. The maximum absolute atomic E-state index is 14.0. The number of ether oxygens (including phenoxy) is 4. The largest absolute Gasteiger partial charge is 0.507 e. The van der Waals surface area contributed by atoms with Gasteiger partial charge in [-0.2, -0.15) is 0 Å². The predicted molar refractivity (Wildman–Crippen MR) is 344 cm³/mol. The van der Waals surface area contributed by atoms with Crippen molar-refractivity contribution in [1.29, 1.82) is 0 Å². The van der Waals surface area contributed by atoms with E-state index in [1.54, 1.807) is 24.3 Å². The normalized spacial score (nSPS) is 13.6. The summed E-state index contributed by atoms with van der Waals surface area (Å²) in [4.78, 5) is 55.9. The number of carbonyl (C=O) groups excluding carboxylic acids is 4. The lowest BCUT2D eigenvalue weighted by Gasteiger charge is -2.31. The van der Waals surface area contributed by atoms with Gasteiger partial charge in [0.2, 0.25) is 0 Å². The van der Waals surface area contributed by atoms with E-state index in [4.69, 9.17) is 18.9 Å². The average Bonchev–Trinajstić information content (AvgIpc) is 1.83. The molecule has 0 amide bonds. The van der Waals surface area contributed by atoms with Crippen LogP contribution >= 0.6 is 0 Å². The van der Waals surface area contributed by atoms with Crippen molar-refractivity contribution in [1.82, 2.24) is 0 Å². The van der Waals surface area contributed by atoms with Crippen LogP contribution in [0.25, 0.3) is 24.3 Å². The zero-order chi connectivity index (χ0) is 65.0. The number of hydrogen-bond acceptors (Lipinski definition) is 12. The van der Waals surface area contributed by atoms with Crippen LogP contribution in [0.3, 0.4) is 0 Å². The first-order chi connectivity index (χ1) is 38.4. The number of benzene rings is 4. The summed E-state index contributed by atoms with van der Waals surface area (Å²) in [5.74, 6) is -2.57. The molecule has 0 radical (unpaired) electrons. The Kier molecular flexibility index (Phi) is 21.4. The number of phenols is 4. The fraction of sp³-hybridized carbons (Fsp3) is 0.507. The fourth-order valence-corrected chi connectivity index (χ4v) is 9.58. The average molecular weight is 1170 g/mol. The van der Waals surface area contributed by atoms with E-state index in [0.29, 0.717) is 66.8 Å². The number of rotatable bonds is 16. The summed E-state index contributed by atoms with van der Waals surface area (Å²) in [5, 5.41) is 45.5. The molecular formula is C73H100O12. The third-order valence-electron chi connectivity index (χ3n) is 14.7. The van der Waals surface area contributed by atoms with Gasteiger partial charge < -0.3 is 39.4 Å². The molecule has 0 spiro atoms. The van der Waals surface area contributed by atoms with E-state index < -0.39 is 99.0 Å². The molecule has 0 aliphatic carbocycles. The maximum Gasteiger partial charge on any atom is 0.330 e. The van der Waals surface area contributed by atoms with Crippen LogP contribution in [0.2, 0.25) is 0 Å². The molecule has 4 N–H and O–H groups in total. The van der Waals surface area contributed by atoms with Gasteiger partial charge in [-0.1, -0.05) is 166 Å². The van der Waals surface area contributed by atoms with Crippen LogP contribution in [0.15, 0.2) is 72.8 Å². The van der Waals surface area contributed by atoms with Gasteiger partial charge in [-0.25, -0.2) is 19.2 Å². The fourth-order valence-electron chi connectivity index (χ4n) is 9.58. The molecule has 4 aromatic rings. The molecular weight excluding hydrogens is 1070 g/mol. The third kappa shape index (κ3) is 19.5. The molecule has 12 heteroatoms. The van der Waals surface area contributed by atoms with E-state index >= 15 is 0 Å². The predicted octanol–water partition coefficient (Wildman–Crippen LogP) is 16.2. The van der Waals surface area contributed by atoms with Crippen LogP contribution in [0.4, 0.5) is 0 Å². The van der Waals surface area contributed by atoms with Crippen molar-refractivity contribution in [2.24, 2.45) is 5.41 Å². The molecule has 85 heavy (non-hydrogen) atoms. The molecule has 0 saturated carbocycles. The monoisotopic (exact) mass is 1170 g/mol. The minimum atomic E-state index is -1.72. The molecule has 12 nitrogen and oxygen atoms in total. The van der Waals surface area contributed by atoms with Crippen LogP contribution in [0.5, 0.6) is 23.0 Å². The van der Waals surface area contributed by atoms with Crippen LogP contribution in [-0.4, -0.2) is 70.7 Å². The van der Waals surface area contributed by atoms with Crippen molar-refractivity contribution in [2.45, 2.75) is 209 Å². The van der Waals surface area contributed by atoms with Crippen molar-refractivity contribution in [2.75, 3.05) is 26.4 Å². The number of phenolic OH excluding ortho intramolecular Hbond substituents is 4. The molecule has 0 fully saturated rings. The summed E-state index contributed by atoms with van der Waals surface area (Å²) >= 11 is 0. The van der Waals surface area contributed by atoms with E-state index in [0.717, 1.165) is 0 Å². The minimum Gasteiger partial charge on any atom is -0.507 e. The van der Waals surface area contributed by atoms with Crippen LogP contribution in [-0.2, 0) is 81.4 Å². The number of hydrogen-bond donors (Lipinski definition) is 4. The maximum atomic E-state index is 14.0. The van der Waals surface area contributed by atoms with Crippen molar-refractivity contribution in [3.8, 4) is 23.0 Å². The second-order valence-corrected chi connectivity index (χ2v) is 31.1. The Bertz CT molecular complexity index is 2650. The van der Waals surface area contributed by atoms with Gasteiger partial charge in [0.1, 0.15) is 54.8 Å². The summed E-state index contributed by atoms with van der Waals surface area (Å²) < 4.78 is 23.8. The first-order valence-corrected chi connectivity index (χ1v) is 29.4. The summed E-state index contributed by atoms with van der Waals surface area (Å²) in [6, 6.07) is 14.5. The lowest BCUT2D eigenvalue weighted by molar-refractivity contribution is -0.164. The van der Waals surface area contributed by atoms with E-state index in [-0.39, 0.29) is 23.0 Å². The van der Waals surface area contributed by atoms with Crippen molar-refractivity contribution < 1.29 is 58.6 Å². The molecule has 0 heterocycles. The smallest absolute Gasteiger partial charge is 0.330 e. The first kappa shape index (κ1) is 70.4. The van der Waals surface area contributed by atoms with Gasteiger partial charge in [0.15, 0.2) is 0 Å². The van der Waals surface area contributed by atoms with Gasteiger partial charge in [0, 0.05) is 68.8 Å². The van der Waals surface area contributed by atoms with E-state index in [1.165, 1.54) is 24.3 Å². The highest BCUT2D eigenvalue weighted by molar-refractivity contribution is 5.89. The number of aromatic hydroxyl groups is 4. The molecule has 0 saturated heterocycles. The molecule has 0 aliphatic heterocycles. The molecule has 464 valence electrons. The summed E-state index contributed by atoms with van der Waals surface area (Å²) in [6.07, 6.45) is 11.2. The van der Waals surface area contributed by atoms with Crippen LogP contribution < -0.4 is 0 Å². The Hall–Kier alpha value is -7.08. The topological polar surface area (TPSA) is 186 Å². The van der Waals surface area contributed by atoms with Gasteiger partial charge in [0.25, 0.3) is 0 Å². The molecule has 0 unspecified atom stereocenters. The Balaban J connectivity index is 1.87. The standard InChI is InChI=1S/C73H100O12/c1-65(2,3)49-33-45(34-50(61(49)78)66(4,5)6)25-29-57(74)82-41-73(42-83-58(75)30-26-46-35-51(67(7,8)9)62(79)52(36-46)68(10,11)12,43-84-59(76)31-27-47-37-53(69(13,14)15)63(80)54(38-47)70(16,17)18)44-85-60(77)32-28-48-39-55(71(19,20)21)64(81)56(40-48)72(22,23)24/h25-40,78-81H,41-44H2,1-24H3/b29-25+,30-26+,31-27+,32-28+. The third-order valence-corrected chi connectivity index (χ3v) is 14.7. The molecule has 0 aliphatic rings. The Morgan fingerprint density at radius 1 is 0.282 bits per heavy atom. The molecule has 0 aromatic heterocycles. The van der Waals surface area contributed by atoms with E-state index in [1.807, 2.05) is 215 Å². The van der Waals surface area contributed by atoms with Gasteiger partial charge in [-0.3, -0.25) is 0 Å². The summed E-state index contributed by atoms with van der Waals surface area (Å²) in [6.45, 7) is 45.4. The highest BCUT2D eigenvalue weighted by Gasteiger charge is 2.38. The second kappa shape index (κ2) is 25.9. The molecule has 0 atom stereocenters.